The van der Waals surface area contributed by atoms with Crippen molar-refractivity contribution in [2.24, 2.45) is 5.10 Å². The molecule has 1 aliphatic carbocycles. The molecular formula is C20H22IN3O3S. The summed E-state index contributed by atoms with van der Waals surface area (Å²) in [5.41, 5.74) is 3.93. The number of benzene rings is 2. The molecule has 2 aromatic carbocycles. The van der Waals surface area contributed by atoms with E-state index in [1.807, 2.05) is 12.1 Å². The Bertz CT molecular complexity index is 936. The summed E-state index contributed by atoms with van der Waals surface area (Å²) in [6, 6.07) is 15.1. The van der Waals surface area contributed by atoms with Gasteiger partial charge in [0.1, 0.15) is 6.54 Å². The van der Waals surface area contributed by atoms with Crippen molar-refractivity contribution in [1.82, 2.24) is 5.43 Å². The summed E-state index contributed by atoms with van der Waals surface area (Å²) in [6.07, 6.45) is 5.09. The average Bonchev–Trinajstić information content (AvgIpc) is 2.72. The number of halogens is 1. The van der Waals surface area contributed by atoms with Gasteiger partial charge in [-0.25, -0.2) is 13.8 Å². The highest BCUT2D eigenvalue weighted by Crippen LogP contribution is 2.24. The lowest BCUT2D eigenvalue weighted by Crippen LogP contribution is -2.39. The van der Waals surface area contributed by atoms with Crippen LogP contribution < -0.4 is 9.73 Å². The number of hydrogen-bond donors (Lipinski definition) is 1. The number of carbonyl (C=O) groups is 1. The summed E-state index contributed by atoms with van der Waals surface area (Å²) in [7, 11) is -3.88. The van der Waals surface area contributed by atoms with Crippen molar-refractivity contribution in [3.05, 3.63) is 58.2 Å². The Morgan fingerprint density at radius 2 is 1.64 bits per heavy atom. The summed E-state index contributed by atoms with van der Waals surface area (Å²) in [4.78, 5) is 12.6. The van der Waals surface area contributed by atoms with Gasteiger partial charge < -0.3 is 0 Å². The number of hydrogen-bond acceptors (Lipinski definition) is 4. The first-order valence-electron chi connectivity index (χ1n) is 9.14. The minimum Gasteiger partial charge on any atom is -0.271 e. The number of hydrazone groups is 1. The van der Waals surface area contributed by atoms with E-state index in [2.05, 4.69) is 33.1 Å². The second kappa shape index (κ2) is 9.51. The highest BCUT2D eigenvalue weighted by Gasteiger charge is 2.27. The summed E-state index contributed by atoms with van der Waals surface area (Å²) in [5, 5.41) is 4.19. The Morgan fingerprint density at radius 1 is 1.00 bits per heavy atom. The molecule has 8 heteroatoms. The van der Waals surface area contributed by atoms with Crippen LogP contribution in [0.1, 0.15) is 32.1 Å². The number of nitrogens with one attached hydrogen (secondary N) is 1. The summed E-state index contributed by atoms with van der Waals surface area (Å²) in [6.45, 7) is -0.339. The summed E-state index contributed by atoms with van der Waals surface area (Å²) in [5.74, 6) is -0.462. The molecule has 0 aromatic heterocycles. The monoisotopic (exact) mass is 511 g/mol. The predicted molar refractivity (Wildman–Crippen MR) is 119 cm³/mol. The van der Waals surface area contributed by atoms with E-state index in [0.717, 1.165) is 39.3 Å². The van der Waals surface area contributed by atoms with Crippen LogP contribution in [-0.2, 0) is 14.8 Å². The van der Waals surface area contributed by atoms with E-state index in [1.54, 1.807) is 30.3 Å². The number of anilines is 1. The van der Waals surface area contributed by atoms with Crippen LogP contribution in [0.3, 0.4) is 0 Å². The van der Waals surface area contributed by atoms with Crippen LogP contribution >= 0.6 is 22.6 Å². The lowest BCUT2D eigenvalue weighted by Gasteiger charge is -2.24. The molecule has 0 bridgehead atoms. The van der Waals surface area contributed by atoms with Crippen LogP contribution in [0, 0.1) is 3.57 Å². The van der Waals surface area contributed by atoms with E-state index in [9.17, 15) is 13.2 Å². The topological polar surface area (TPSA) is 78.8 Å². The van der Waals surface area contributed by atoms with Gasteiger partial charge in [-0.1, -0.05) is 24.6 Å². The summed E-state index contributed by atoms with van der Waals surface area (Å²) >= 11 is 2.15. The number of rotatable bonds is 6. The van der Waals surface area contributed by atoms with Crippen molar-refractivity contribution in [3.8, 4) is 0 Å². The molecule has 0 unspecified atom stereocenters. The molecule has 6 nitrogen and oxygen atoms in total. The molecule has 2 aromatic rings. The molecule has 28 heavy (non-hydrogen) atoms. The molecule has 1 N–H and O–H groups in total. The second-order valence-electron chi connectivity index (χ2n) is 6.57. The standard InChI is InChI=1S/C20H22IN3O3S/c21-16-11-13-18(14-12-16)24(28(26,27)19-9-5-2-6-10-19)15-20(25)23-22-17-7-3-1-4-8-17/h2,5-6,9-14H,1,3-4,7-8,15H2,(H,23,25). The first kappa shape index (κ1) is 20.8. The van der Waals surface area contributed by atoms with Crippen molar-refractivity contribution in [1.29, 1.82) is 0 Å². The van der Waals surface area contributed by atoms with Crippen molar-refractivity contribution in [2.75, 3.05) is 10.8 Å². The lowest BCUT2D eigenvalue weighted by atomic mass is 9.99. The van der Waals surface area contributed by atoms with Crippen molar-refractivity contribution < 1.29 is 13.2 Å². The molecule has 0 atom stereocenters. The SMILES string of the molecule is O=C(CN(c1ccc(I)cc1)S(=O)(=O)c1ccccc1)NN=C1CCCCC1. The third-order valence-electron chi connectivity index (χ3n) is 4.50. The lowest BCUT2D eigenvalue weighted by molar-refractivity contribution is -0.119. The van der Waals surface area contributed by atoms with E-state index < -0.39 is 15.9 Å². The molecule has 1 saturated carbocycles. The zero-order valence-electron chi connectivity index (χ0n) is 15.3. The Kier molecular flexibility index (Phi) is 7.06. The highest BCUT2D eigenvalue weighted by molar-refractivity contribution is 14.1. The minimum atomic E-state index is -3.88. The molecule has 148 valence electrons. The summed E-state index contributed by atoms with van der Waals surface area (Å²) < 4.78 is 28.4. The third kappa shape index (κ3) is 5.32. The van der Waals surface area contributed by atoms with Gasteiger partial charge in [0.2, 0.25) is 0 Å². The fourth-order valence-corrected chi connectivity index (χ4v) is 4.82. The molecule has 0 spiro atoms. The molecule has 1 aliphatic rings. The van der Waals surface area contributed by atoms with Crippen LogP contribution in [0.4, 0.5) is 5.69 Å². The van der Waals surface area contributed by atoms with Crippen LogP contribution in [0.2, 0.25) is 0 Å². The zero-order chi connectivity index (χ0) is 20.0. The van der Waals surface area contributed by atoms with Crippen molar-refractivity contribution in [2.45, 2.75) is 37.0 Å². The molecule has 0 saturated heterocycles. The Hall–Kier alpha value is -1.94. The van der Waals surface area contributed by atoms with Gasteiger partial charge >= 0.3 is 0 Å². The van der Waals surface area contributed by atoms with Crippen LogP contribution in [0.15, 0.2) is 64.6 Å². The van der Waals surface area contributed by atoms with Gasteiger partial charge in [0.05, 0.1) is 10.6 Å². The first-order valence-corrected chi connectivity index (χ1v) is 11.7. The Morgan fingerprint density at radius 3 is 2.29 bits per heavy atom. The van der Waals surface area contributed by atoms with E-state index in [1.165, 1.54) is 18.6 Å². The van der Waals surface area contributed by atoms with Crippen LogP contribution in [0.25, 0.3) is 0 Å². The number of nitrogens with zero attached hydrogens (tertiary/aromatic N) is 2. The van der Waals surface area contributed by atoms with Gasteiger partial charge in [-0.3, -0.25) is 9.10 Å². The van der Waals surface area contributed by atoms with Gasteiger partial charge in [-0.2, -0.15) is 5.10 Å². The largest absolute Gasteiger partial charge is 0.271 e. The Balaban J connectivity index is 1.84. The average molecular weight is 511 g/mol. The van der Waals surface area contributed by atoms with Crippen LogP contribution in [-0.4, -0.2) is 26.6 Å². The predicted octanol–water partition coefficient (Wildman–Crippen LogP) is 3.92. The molecule has 0 heterocycles. The smallest absolute Gasteiger partial charge is 0.264 e. The number of carbonyl (C=O) groups excluding carboxylic acids is 1. The first-order chi connectivity index (χ1) is 13.5. The van der Waals surface area contributed by atoms with Gasteiger partial charge in [0, 0.05) is 9.28 Å². The maximum Gasteiger partial charge on any atom is 0.264 e. The van der Waals surface area contributed by atoms with Gasteiger partial charge in [-0.15, -0.1) is 0 Å². The van der Waals surface area contributed by atoms with Gasteiger partial charge in [-0.05, 0) is 84.7 Å². The van der Waals surface area contributed by atoms with E-state index >= 15 is 0 Å². The molecule has 0 radical (unpaired) electrons. The van der Waals surface area contributed by atoms with Crippen molar-refractivity contribution in [3.63, 3.8) is 0 Å². The van der Waals surface area contributed by atoms with Gasteiger partial charge in [0.15, 0.2) is 0 Å². The Labute approximate surface area is 179 Å². The minimum absolute atomic E-state index is 0.139. The molecule has 1 fully saturated rings. The normalized spacial score (nSPS) is 14.4. The van der Waals surface area contributed by atoms with E-state index in [4.69, 9.17) is 0 Å². The molecule has 0 aliphatic heterocycles. The molecule has 1 amide bonds. The van der Waals surface area contributed by atoms with Gasteiger partial charge in [0.25, 0.3) is 15.9 Å². The quantitative estimate of drug-likeness (QED) is 0.472. The maximum atomic E-state index is 13.2. The molecule has 3 rings (SSSR count). The number of sulfonamides is 1. The highest BCUT2D eigenvalue weighted by atomic mass is 127. The third-order valence-corrected chi connectivity index (χ3v) is 7.01. The zero-order valence-corrected chi connectivity index (χ0v) is 18.3. The molecular weight excluding hydrogens is 489 g/mol. The van der Waals surface area contributed by atoms with E-state index in [-0.39, 0.29) is 11.4 Å². The maximum absolute atomic E-state index is 13.2. The van der Waals surface area contributed by atoms with E-state index in [0.29, 0.717) is 5.69 Å². The second-order valence-corrected chi connectivity index (χ2v) is 9.68. The van der Waals surface area contributed by atoms with Crippen LogP contribution in [0.5, 0.6) is 0 Å². The van der Waals surface area contributed by atoms with Crippen molar-refractivity contribution >= 4 is 49.9 Å². The number of amides is 1. The fraction of sp³-hybridized carbons (Fsp3) is 0.300. The fourth-order valence-electron chi connectivity index (χ4n) is 3.02.